The molecule has 0 heterocycles. The topological polar surface area (TPSA) is 64.6 Å². The van der Waals surface area contributed by atoms with E-state index in [1.54, 1.807) is 45.0 Å². The number of benzene rings is 4. The van der Waals surface area contributed by atoms with E-state index in [-0.39, 0.29) is 5.56 Å². The van der Waals surface area contributed by atoms with Gasteiger partial charge in [-0.05, 0) is 67.8 Å². The number of hydrogen-bond acceptors (Lipinski definition) is 4. The lowest BCUT2D eigenvalue weighted by molar-refractivity contribution is 0.00708. The van der Waals surface area contributed by atoms with Crippen molar-refractivity contribution in [2.24, 2.45) is 0 Å². The molecule has 0 bridgehead atoms. The summed E-state index contributed by atoms with van der Waals surface area (Å²) in [7, 11) is 0. The Kier molecular flexibility index (Phi) is 8.09. The molecule has 0 aliphatic carbocycles. The number of esters is 1. The minimum absolute atomic E-state index is 0.268. The number of carbonyl (C=O) groups excluding carboxylic acids is 2. The Morgan fingerprint density at radius 1 is 0.784 bits per heavy atom. The van der Waals surface area contributed by atoms with Gasteiger partial charge in [0.1, 0.15) is 18.0 Å². The van der Waals surface area contributed by atoms with Gasteiger partial charge in [-0.1, -0.05) is 82.7 Å². The molecule has 1 amide bonds. The van der Waals surface area contributed by atoms with Gasteiger partial charge in [0.15, 0.2) is 0 Å². The van der Waals surface area contributed by atoms with Crippen LogP contribution in [0.2, 0.25) is 0 Å². The molecule has 0 saturated heterocycles. The first-order valence-electron chi connectivity index (χ1n) is 11.9. The molecule has 0 aromatic heterocycles. The highest BCUT2D eigenvalue weighted by Gasteiger charge is 2.23. The van der Waals surface area contributed by atoms with E-state index in [1.807, 2.05) is 72.8 Å². The molecule has 6 heteroatoms. The molecule has 0 spiro atoms. The maximum Gasteiger partial charge on any atom is 0.340 e. The average Bonchev–Trinajstić information content (AvgIpc) is 2.88. The minimum atomic E-state index is -0.681. The first kappa shape index (κ1) is 26.2. The standard InChI is InChI=1S/C31H28BrNO4/c1-31(2,3)37-30(35)25-16-14-23(22-12-8-5-9-13-22)18-27(25)33-29(34)26-19-24(32)15-17-28(26)36-20-21-10-6-4-7-11-21/h4-19H,20H2,1-3H3,(H,33,34). The summed E-state index contributed by atoms with van der Waals surface area (Å²) in [6, 6.07) is 30.1. The monoisotopic (exact) mass is 557 g/mol. The van der Waals surface area contributed by atoms with Crippen LogP contribution in [0, 0.1) is 0 Å². The Morgan fingerprint density at radius 3 is 2.14 bits per heavy atom. The molecule has 0 saturated carbocycles. The second-order valence-electron chi connectivity index (χ2n) is 9.50. The molecule has 0 unspecified atom stereocenters. The zero-order valence-electron chi connectivity index (χ0n) is 21.0. The Labute approximate surface area is 225 Å². The Bertz CT molecular complexity index is 1400. The molecule has 5 nitrogen and oxygen atoms in total. The fourth-order valence-electron chi connectivity index (χ4n) is 3.70. The Morgan fingerprint density at radius 2 is 1.46 bits per heavy atom. The van der Waals surface area contributed by atoms with E-state index < -0.39 is 17.5 Å². The summed E-state index contributed by atoms with van der Waals surface area (Å²) in [6.07, 6.45) is 0. The van der Waals surface area contributed by atoms with Crippen molar-refractivity contribution >= 4 is 33.5 Å². The maximum atomic E-state index is 13.5. The molecule has 188 valence electrons. The number of nitrogens with one attached hydrogen (secondary N) is 1. The van der Waals surface area contributed by atoms with Crippen LogP contribution in [-0.2, 0) is 11.3 Å². The molecule has 4 aromatic carbocycles. The van der Waals surface area contributed by atoms with Crippen molar-refractivity contribution in [1.82, 2.24) is 0 Å². The van der Waals surface area contributed by atoms with E-state index in [9.17, 15) is 9.59 Å². The van der Waals surface area contributed by atoms with Crippen LogP contribution in [0.15, 0.2) is 102 Å². The number of anilines is 1. The zero-order chi connectivity index (χ0) is 26.4. The van der Waals surface area contributed by atoms with Gasteiger partial charge in [0.2, 0.25) is 0 Å². The second kappa shape index (κ2) is 11.4. The van der Waals surface area contributed by atoms with Gasteiger partial charge >= 0.3 is 5.97 Å². The molecule has 0 atom stereocenters. The third kappa shape index (κ3) is 7.08. The molecular weight excluding hydrogens is 530 g/mol. The number of hydrogen-bond donors (Lipinski definition) is 1. The van der Waals surface area contributed by atoms with E-state index in [0.717, 1.165) is 21.2 Å². The lowest BCUT2D eigenvalue weighted by Gasteiger charge is -2.21. The van der Waals surface area contributed by atoms with E-state index in [2.05, 4.69) is 21.2 Å². The third-order valence-electron chi connectivity index (χ3n) is 5.42. The number of rotatable bonds is 7. The molecule has 0 radical (unpaired) electrons. The van der Waals surface area contributed by atoms with Crippen LogP contribution >= 0.6 is 15.9 Å². The fourth-order valence-corrected chi connectivity index (χ4v) is 4.06. The lowest BCUT2D eigenvalue weighted by Crippen LogP contribution is -2.25. The van der Waals surface area contributed by atoms with Crippen LogP contribution in [0.3, 0.4) is 0 Å². The summed E-state index contributed by atoms with van der Waals surface area (Å²) in [5, 5.41) is 2.93. The molecule has 4 aromatic rings. The first-order chi connectivity index (χ1) is 17.7. The van der Waals surface area contributed by atoms with Gasteiger partial charge < -0.3 is 14.8 Å². The largest absolute Gasteiger partial charge is 0.488 e. The average molecular weight is 558 g/mol. The second-order valence-corrected chi connectivity index (χ2v) is 10.4. The van der Waals surface area contributed by atoms with E-state index in [0.29, 0.717) is 23.6 Å². The van der Waals surface area contributed by atoms with Gasteiger partial charge in [0.25, 0.3) is 5.91 Å². The summed E-state index contributed by atoms with van der Waals surface area (Å²) in [4.78, 5) is 26.6. The Hall–Kier alpha value is -3.90. The van der Waals surface area contributed by atoms with Crippen LogP contribution in [0.1, 0.15) is 47.1 Å². The van der Waals surface area contributed by atoms with Crippen molar-refractivity contribution < 1.29 is 19.1 Å². The number of carbonyl (C=O) groups is 2. The van der Waals surface area contributed by atoms with Crippen LogP contribution in [-0.4, -0.2) is 17.5 Å². The van der Waals surface area contributed by atoms with E-state index in [4.69, 9.17) is 9.47 Å². The highest BCUT2D eigenvalue weighted by Crippen LogP contribution is 2.30. The predicted molar refractivity (Wildman–Crippen MR) is 150 cm³/mol. The number of amides is 1. The molecule has 0 aliphatic heterocycles. The van der Waals surface area contributed by atoms with Gasteiger partial charge in [-0.25, -0.2) is 4.79 Å². The number of halogens is 1. The minimum Gasteiger partial charge on any atom is -0.488 e. The Balaban J connectivity index is 1.67. The molecule has 1 N–H and O–H groups in total. The van der Waals surface area contributed by atoms with E-state index in [1.165, 1.54) is 0 Å². The molecule has 4 rings (SSSR count). The van der Waals surface area contributed by atoms with Crippen molar-refractivity contribution in [2.45, 2.75) is 33.0 Å². The van der Waals surface area contributed by atoms with Crippen molar-refractivity contribution in [3.05, 3.63) is 118 Å². The maximum absolute atomic E-state index is 13.5. The van der Waals surface area contributed by atoms with Gasteiger partial charge in [-0.15, -0.1) is 0 Å². The van der Waals surface area contributed by atoms with Crippen molar-refractivity contribution in [3.8, 4) is 16.9 Å². The summed E-state index contributed by atoms with van der Waals surface area (Å²) in [6.45, 7) is 5.73. The SMILES string of the molecule is CC(C)(C)OC(=O)c1ccc(-c2ccccc2)cc1NC(=O)c1cc(Br)ccc1OCc1ccccc1. The third-order valence-corrected chi connectivity index (χ3v) is 5.91. The van der Waals surface area contributed by atoms with Crippen LogP contribution in [0.4, 0.5) is 5.69 Å². The van der Waals surface area contributed by atoms with Gasteiger partial charge in [0, 0.05) is 4.47 Å². The summed E-state index contributed by atoms with van der Waals surface area (Å²) < 4.78 is 12.3. The fraction of sp³-hybridized carbons (Fsp3) is 0.161. The first-order valence-corrected chi connectivity index (χ1v) is 12.7. The quantitative estimate of drug-likeness (QED) is 0.234. The zero-order valence-corrected chi connectivity index (χ0v) is 22.5. The smallest absolute Gasteiger partial charge is 0.340 e. The van der Waals surface area contributed by atoms with Gasteiger partial charge in [-0.2, -0.15) is 0 Å². The summed E-state index contributed by atoms with van der Waals surface area (Å²) in [5.74, 6) is -0.487. The predicted octanol–water partition coefficient (Wildman–Crippen LogP) is 7.90. The highest BCUT2D eigenvalue weighted by atomic mass is 79.9. The van der Waals surface area contributed by atoms with Gasteiger partial charge in [0.05, 0.1) is 16.8 Å². The van der Waals surface area contributed by atoms with Crippen LogP contribution in [0.5, 0.6) is 5.75 Å². The molecular formula is C31H28BrNO4. The summed E-state index contributed by atoms with van der Waals surface area (Å²) >= 11 is 3.45. The van der Waals surface area contributed by atoms with Crippen LogP contribution < -0.4 is 10.1 Å². The van der Waals surface area contributed by atoms with Crippen molar-refractivity contribution in [2.75, 3.05) is 5.32 Å². The van der Waals surface area contributed by atoms with E-state index >= 15 is 0 Å². The number of ether oxygens (including phenoxy) is 2. The molecule has 0 fully saturated rings. The van der Waals surface area contributed by atoms with Gasteiger partial charge in [-0.3, -0.25) is 4.79 Å². The van der Waals surface area contributed by atoms with Crippen molar-refractivity contribution in [1.29, 1.82) is 0 Å². The molecule has 0 aliphatic rings. The molecule has 37 heavy (non-hydrogen) atoms. The normalized spacial score (nSPS) is 11.0. The highest BCUT2D eigenvalue weighted by molar-refractivity contribution is 9.10. The van der Waals surface area contributed by atoms with Crippen molar-refractivity contribution in [3.63, 3.8) is 0 Å². The summed E-state index contributed by atoms with van der Waals surface area (Å²) in [5.41, 5.74) is 3.09. The van der Waals surface area contributed by atoms with Crippen LogP contribution in [0.25, 0.3) is 11.1 Å². The lowest BCUT2D eigenvalue weighted by atomic mass is 10.0.